The summed E-state index contributed by atoms with van der Waals surface area (Å²) in [7, 11) is 0. The van der Waals surface area contributed by atoms with Gasteiger partial charge in [0.2, 0.25) is 11.8 Å². The Balaban J connectivity index is 1.86. The quantitative estimate of drug-likeness (QED) is 0.187. The lowest BCUT2D eigenvalue weighted by molar-refractivity contribution is -0.133. The molecular weight excluding hydrogens is 559 g/mol. The van der Waals surface area contributed by atoms with E-state index in [1.54, 1.807) is 29.7 Å². The number of ether oxygens (including phenoxy) is 1. The molecule has 9 heteroatoms. The third kappa shape index (κ3) is 7.81. The summed E-state index contributed by atoms with van der Waals surface area (Å²) < 4.78 is 6.03. The van der Waals surface area contributed by atoms with Crippen LogP contribution in [0, 0.1) is 5.92 Å². The first-order valence-corrected chi connectivity index (χ1v) is 15.3. The topological polar surface area (TPSA) is 68.3 Å². The Labute approximate surface area is 244 Å². The van der Waals surface area contributed by atoms with Crippen molar-refractivity contribution in [1.29, 1.82) is 0 Å². The summed E-state index contributed by atoms with van der Waals surface area (Å²) in [6.45, 7) is 10.6. The van der Waals surface area contributed by atoms with Crippen molar-refractivity contribution in [2.24, 2.45) is 5.92 Å². The maximum absolute atomic E-state index is 13.5. The number of benzene rings is 1. The van der Waals surface area contributed by atoms with Gasteiger partial charge in [-0.05, 0) is 59.9 Å². The summed E-state index contributed by atoms with van der Waals surface area (Å²) >= 11 is 14.8. The van der Waals surface area contributed by atoms with Crippen molar-refractivity contribution in [3.63, 3.8) is 0 Å². The van der Waals surface area contributed by atoms with Crippen LogP contribution in [0.2, 0.25) is 10.0 Å². The van der Waals surface area contributed by atoms with Crippen LogP contribution in [0.1, 0.15) is 58.6 Å². The summed E-state index contributed by atoms with van der Waals surface area (Å²) in [6.07, 6.45) is 4.72. The number of ketones is 1. The van der Waals surface area contributed by atoms with Gasteiger partial charge in [0.05, 0.1) is 17.3 Å². The fourth-order valence-electron chi connectivity index (χ4n) is 4.27. The molecule has 3 atom stereocenters. The van der Waals surface area contributed by atoms with E-state index in [4.69, 9.17) is 32.9 Å². The first kappa shape index (κ1) is 30.6. The van der Waals surface area contributed by atoms with Crippen molar-refractivity contribution in [3.8, 4) is 5.88 Å². The summed E-state index contributed by atoms with van der Waals surface area (Å²) in [5.41, 5.74) is 0.244. The lowest BCUT2D eigenvalue weighted by Crippen LogP contribution is -2.58. The second kappa shape index (κ2) is 14.5. The van der Waals surface area contributed by atoms with E-state index in [9.17, 15) is 9.59 Å². The molecule has 1 aromatic heterocycles. The summed E-state index contributed by atoms with van der Waals surface area (Å²) in [6, 6.07) is 10.5. The van der Waals surface area contributed by atoms with Crippen LogP contribution in [0.15, 0.2) is 64.3 Å². The van der Waals surface area contributed by atoms with E-state index in [0.29, 0.717) is 39.0 Å². The maximum Gasteiger partial charge on any atom is 0.242 e. The Kier molecular flexibility index (Phi) is 11.6. The Hall–Kier alpha value is -1.93. The molecule has 1 fully saturated rings. The molecule has 204 valence electrons. The molecule has 5 nitrogen and oxygen atoms in total. The fraction of sp³-hybridized carbons (Fsp3) is 0.414. The molecule has 1 aliphatic rings. The molecule has 1 aliphatic heterocycles. The number of unbranched alkanes of at least 4 members (excludes halogenated alkanes) is 2. The zero-order valence-corrected chi connectivity index (χ0v) is 25.1. The van der Waals surface area contributed by atoms with Crippen LogP contribution < -0.4 is 10.1 Å². The van der Waals surface area contributed by atoms with Gasteiger partial charge in [-0.1, -0.05) is 69.0 Å². The number of carbonyl (C=O) groups is 2. The SMILES string of the molecule is C=CS/C=C(\C)C1(c2cccc(OCC(C)CCCCC)n2)CC(=O)C(Sc2ccc(Cl)cc2Cl)C(=O)N1. The molecule has 3 rings (SSSR count). The molecule has 0 aliphatic carbocycles. The third-order valence-corrected chi connectivity index (χ3v) is 9.10. The standard InChI is InChI=1S/C29H34Cl2N2O3S2/c1-5-7-8-10-19(3)17-36-26-12-9-11-25(32-26)29(20(4)18-37-6-2)16-23(34)27(28(35)33-29)38-24-14-13-21(30)15-22(24)31/h6,9,11-15,18-19,27H,2,5,7-8,10,16-17H2,1,3-4H3,(H,33,35)/b20-18+. The molecule has 1 amide bonds. The number of nitrogens with zero attached hydrogens (tertiary/aromatic N) is 1. The fourth-order valence-corrected chi connectivity index (χ4v) is 6.27. The second-order valence-electron chi connectivity index (χ2n) is 9.49. The number of pyridine rings is 1. The van der Waals surface area contributed by atoms with E-state index in [1.165, 1.54) is 31.0 Å². The van der Waals surface area contributed by atoms with Crippen LogP contribution >= 0.6 is 46.7 Å². The molecule has 0 spiro atoms. The lowest BCUT2D eigenvalue weighted by atomic mass is 9.79. The lowest BCUT2D eigenvalue weighted by Gasteiger charge is -2.40. The molecule has 3 unspecified atom stereocenters. The van der Waals surface area contributed by atoms with Gasteiger partial charge < -0.3 is 10.1 Å². The number of amides is 1. The highest BCUT2D eigenvalue weighted by atomic mass is 35.5. The Bertz CT molecular complexity index is 1170. The number of carbonyl (C=O) groups excluding carboxylic acids is 2. The minimum atomic E-state index is -1.10. The van der Waals surface area contributed by atoms with Gasteiger partial charge in [0, 0.05) is 22.4 Å². The monoisotopic (exact) mass is 592 g/mol. The third-order valence-electron chi connectivity index (χ3n) is 6.44. The van der Waals surface area contributed by atoms with Crippen molar-refractivity contribution in [1.82, 2.24) is 10.3 Å². The zero-order chi connectivity index (χ0) is 27.7. The molecule has 2 aromatic rings. The van der Waals surface area contributed by atoms with E-state index in [-0.39, 0.29) is 12.2 Å². The molecule has 1 saturated heterocycles. The van der Waals surface area contributed by atoms with Gasteiger partial charge in [0.25, 0.3) is 0 Å². The van der Waals surface area contributed by atoms with Crippen LogP contribution in [0.3, 0.4) is 0 Å². The minimum absolute atomic E-state index is 0.0471. The molecule has 0 saturated carbocycles. The average Bonchev–Trinajstić information content (AvgIpc) is 2.89. The zero-order valence-electron chi connectivity index (χ0n) is 22.0. The van der Waals surface area contributed by atoms with Crippen molar-refractivity contribution in [3.05, 3.63) is 75.1 Å². The van der Waals surface area contributed by atoms with E-state index in [1.807, 2.05) is 24.5 Å². The van der Waals surface area contributed by atoms with Crippen molar-refractivity contribution < 1.29 is 14.3 Å². The van der Waals surface area contributed by atoms with Crippen LogP contribution in [-0.2, 0) is 15.1 Å². The molecule has 1 aromatic carbocycles. The largest absolute Gasteiger partial charge is 0.477 e. The van der Waals surface area contributed by atoms with Crippen LogP contribution in [-0.4, -0.2) is 28.5 Å². The Morgan fingerprint density at radius 2 is 2.08 bits per heavy atom. The highest BCUT2D eigenvalue weighted by molar-refractivity contribution is 8.04. The van der Waals surface area contributed by atoms with Gasteiger partial charge in [-0.2, -0.15) is 0 Å². The number of nitrogens with one attached hydrogen (secondary N) is 1. The number of rotatable bonds is 13. The predicted octanol–water partition coefficient (Wildman–Crippen LogP) is 8.21. The first-order chi connectivity index (χ1) is 18.2. The summed E-state index contributed by atoms with van der Waals surface area (Å²) in [4.78, 5) is 32.3. The van der Waals surface area contributed by atoms with Gasteiger partial charge in [0.15, 0.2) is 5.78 Å². The van der Waals surface area contributed by atoms with Crippen molar-refractivity contribution >= 4 is 58.4 Å². The van der Waals surface area contributed by atoms with Crippen LogP contribution in [0.5, 0.6) is 5.88 Å². The Morgan fingerprint density at radius 1 is 1.29 bits per heavy atom. The molecular formula is C29H34Cl2N2O3S2. The first-order valence-electron chi connectivity index (χ1n) is 12.7. The normalized spacial score (nSPS) is 20.7. The average molecular weight is 594 g/mol. The van der Waals surface area contributed by atoms with E-state index in [2.05, 4.69) is 25.7 Å². The predicted molar refractivity (Wildman–Crippen MR) is 160 cm³/mol. The number of aromatic nitrogens is 1. The van der Waals surface area contributed by atoms with Gasteiger partial charge in [-0.15, -0.1) is 23.5 Å². The van der Waals surface area contributed by atoms with Crippen LogP contribution in [0.4, 0.5) is 0 Å². The molecule has 1 N–H and O–H groups in total. The minimum Gasteiger partial charge on any atom is -0.477 e. The number of halogens is 2. The summed E-state index contributed by atoms with van der Waals surface area (Å²) in [5.74, 6) is 0.268. The number of hydrogen-bond donors (Lipinski definition) is 1. The smallest absolute Gasteiger partial charge is 0.242 e. The number of hydrogen-bond acceptors (Lipinski definition) is 6. The molecule has 38 heavy (non-hydrogen) atoms. The number of piperidine rings is 1. The highest BCUT2D eigenvalue weighted by Gasteiger charge is 2.48. The molecule has 0 radical (unpaired) electrons. The molecule has 2 heterocycles. The number of thioether (sulfide) groups is 2. The van der Waals surface area contributed by atoms with E-state index < -0.39 is 16.7 Å². The molecule has 0 bridgehead atoms. The van der Waals surface area contributed by atoms with E-state index in [0.717, 1.165) is 23.8 Å². The van der Waals surface area contributed by atoms with Crippen LogP contribution in [0.25, 0.3) is 0 Å². The Morgan fingerprint density at radius 3 is 2.76 bits per heavy atom. The van der Waals surface area contributed by atoms with Crippen molar-refractivity contribution in [2.45, 2.75) is 68.6 Å². The maximum atomic E-state index is 13.5. The highest BCUT2D eigenvalue weighted by Crippen LogP contribution is 2.41. The second-order valence-corrected chi connectivity index (χ2v) is 12.3. The van der Waals surface area contributed by atoms with Gasteiger partial charge in [-0.3, -0.25) is 9.59 Å². The van der Waals surface area contributed by atoms with Crippen molar-refractivity contribution in [2.75, 3.05) is 6.61 Å². The van der Waals surface area contributed by atoms with E-state index >= 15 is 0 Å². The van der Waals surface area contributed by atoms with Gasteiger partial charge in [0.1, 0.15) is 10.8 Å². The van der Waals surface area contributed by atoms with Gasteiger partial charge in [-0.25, -0.2) is 4.98 Å². The number of Topliss-reactive ketones (excluding diaryl/α,β-unsaturated/α-hetero) is 1. The van der Waals surface area contributed by atoms with Gasteiger partial charge >= 0.3 is 0 Å². The summed E-state index contributed by atoms with van der Waals surface area (Å²) in [5, 5.41) is 6.65.